The third-order valence-corrected chi connectivity index (χ3v) is 3.67. The molecule has 1 atom stereocenters. The van der Waals surface area contributed by atoms with Gasteiger partial charge in [-0.1, -0.05) is 0 Å². The van der Waals surface area contributed by atoms with Crippen LogP contribution in [0.2, 0.25) is 0 Å². The van der Waals surface area contributed by atoms with E-state index in [1.54, 1.807) is 6.20 Å². The van der Waals surface area contributed by atoms with Crippen LogP contribution in [0, 0.1) is 0 Å². The Bertz CT molecular complexity index is 478. The van der Waals surface area contributed by atoms with Gasteiger partial charge in [0.05, 0.1) is 5.56 Å². The van der Waals surface area contributed by atoms with E-state index in [2.05, 4.69) is 20.9 Å². The lowest BCUT2D eigenvalue weighted by molar-refractivity contribution is 0.0709. The molecule has 1 aromatic rings. The highest BCUT2D eigenvalue weighted by Crippen LogP contribution is 2.23. The molecule has 0 bridgehead atoms. The molecule has 1 aliphatic rings. The van der Waals surface area contributed by atoms with E-state index in [9.17, 15) is 4.79 Å². The molecule has 1 saturated heterocycles. The van der Waals surface area contributed by atoms with Crippen LogP contribution in [-0.2, 0) is 0 Å². The van der Waals surface area contributed by atoms with Gasteiger partial charge in [0.2, 0.25) is 0 Å². The molecule has 1 aliphatic heterocycles. The van der Waals surface area contributed by atoms with E-state index in [1.165, 1.54) is 0 Å². The molecular weight excluding hydrogens is 308 g/mol. The molecule has 0 unspecified atom stereocenters. The maximum absolute atomic E-state index is 12.6. The summed E-state index contributed by atoms with van der Waals surface area (Å²) in [5.41, 5.74) is 6.56. The largest absolute Gasteiger partial charge is 0.362 e. The highest BCUT2D eigenvalue weighted by Gasteiger charge is 2.25. The van der Waals surface area contributed by atoms with E-state index in [4.69, 9.17) is 5.73 Å². The molecule has 2 rings (SSSR count). The van der Waals surface area contributed by atoms with Crippen LogP contribution in [0.4, 0.5) is 5.82 Å². The summed E-state index contributed by atoms with van der Waals surface area (Å²) in [5.74, 6) is 0.694. The van der Waals surface area contributed by atoms with Gasteiger partial charge in [0.15, 0.2) is 0 Å². The zero-order chi connectivity index (χ0) is 14.0. The normalized spacial score (nSPS) is 19.4. The van der Waals surface area contributed by atoms with Gasteiger partial charge in [-0.05, 0) is 34.8 Å². The number of nitrogens with zero attached hydrogens (tertiary/aromatic N) is 3. The van der Waals surface area contributed by atoms with Crippen LogP contribution in [0.1, 0.15) is 23.2 Å². The second kappa shape index (κ2) is 5.88. The molecule has 1 amide bonds. The Hall–Kier alpha value is -1.14. The quantitative estimate of drug-likeness (QED) is 0.894. The Morgan fingerprint density at radius 2 is 2.32 bits per heavy atom. The number of hydrogen-bond acceptors (Lipinski definition) is 4. The summed E-state index contributed by atoms with van der Waals surface area (Å²) in [7, 11) is 3.77. The van der Waals surface area contributed by atoms with Crippen LogP contribution in [0.25, 0.3) is 0 Å². The topological polar surface area (TPSA) is 62.5 Å². The summed E-state index contributed by atoms with van der Waals surface area (Å²) in [6.45, 7) is 1.39. The Labute approximate surface area is 121 Å². The third-order valence-electron chi connectivity index (χ3n) is 3.23. The Morgan fingerprint density at radius 1 is 1.58 bits per heavy atom. The van der Waals surface area contributed by atoms with Crippen LogP contribution in [-0.4, -0.2) is 49.0 Å². The lowest BCUT2D eigenvalue weighted by atomic mass is 10.1. The molecule has 0 aliphatic carbocycles. The summed E-state index contributed by atoms with van der Waals surface area (Å²) >= 11 is 3.37. The zero-order valence-corrected chi connectivity index (χ0v) is 12.9. The number of aromatic nitrogens is 1. The smallest absolute Gasteiger partial charge is 0.257 e. The fourth-order valence-electron chi connectivity index (χ4n) is 2.31. The summed E-state index contributed by atoms with van der Waals surface area (Å²) in [6.07, 6.45) is 3.65. The number of rotatable bonds is 2. The van der Waals surface area contributed by atoms with Crippen molar-refractivity contribution in [1.82, 2.24) is 9.88 Å². The predicted molar refractivity (Wildman–Crippen MR) is 79.4 cm³/mol. The molecule has 0 saturated carbocycles. The molecule has 0 aromatic carbocycles. The van der Waals surface area contributed by atoms with Crippen molar-refractivity contribution in [3.8, 4) is 0 Å². The Balaban J connectivity index is 2.29. The van der Waals surface area contributed by atoms with Gasteiger partial charge < -0.3 is 15.5 Å². The molecule has 1 aromatic heterocycles. The standard InChI is InChI=1S/C13H19BrN4O/c1-17(2)12-11(6-9(14)7-16-12)13(19)18-5-3-4-10(15)8-18/h6-7,10H,3-5,8,15H2,1-2H3/t10-/m0/s1. The average Bonchev–Trinajstić information content (AvgIpc) is 2.37. The first kappa shape index (κ1) is 14.3. The summed E-state index contributed by atoms with van der Waals surface area (Å²) in [6, 6.07) is 1.91. The van der Waals surface area contributed by atoms with E-state index < -0.39 is 0 Å². The number of carbonyl (C=O) groups excluding carboxylic acids is 1. The summed E-state index contributed by atoms with van der Waals surface area (Å²) in [5, 5.41) is 0. The minimum atomic E-state index is 0.00708. The highest BCUT2D eigenvalue weighted by atomic mass is 79.9. The number of piperidine rings is 1. The van der Waals surface area contributed by atoms with Crippen LogP contribution in [0.5, 0.6) is 0 Å². The van der Waals surface area contributed by atoms with Gasteiger partial charge in [-0.25, -0.2) is 4.98 Å². The Morgan fingerprint density at radius 3 is 2.95 bits per heavy atom. The van der Waals surface area contributed by atoms with Gasteiger partial charge in [0, 0.05) is 43.9 Å². The molecule has 104 valence electrons. The van der Waals surface area contributed by atoms with E-state index in [0.717, 1.165) is 23.9 Å². The van der Waals surface area contributed by atoms with Crippen molar-refractivity contribution in [1.29, 1.82) is 0 Å². The molecule has 2 heterocycles. The van der Waals surface area contributed by atoms with Crippen molar-refractivity contribution >= 4 is 27.7 Å². The second-order valence-corrected chi connectivity index (χ2v) is 5.99. The van der Waals surface area contributed by atoms with Crippen LogP contribution < -0.4 is 10.6 Å². The fourth-order valence-corrected chi connectivity index (χ4v) is 2.64. The summed E-state index contributed by atoms with van der Waals surface area (Å²) < 4.78 is 0.808. The molecule has 5 nitrogen and oxygen atoms in total. The zero-order valence-electron chi connectivity index (χ0n) is 11.3. The van der Waals surface area contributed by atoms with Crippen molar-refractivity contribution in [3.05, 3.63) is 22.3 Å². The molecule has 6 heteroatoms. The minimum Gasteiger partial charge on any atom is -0.362 e. The van der Waals surface area contributed by atoms with Crippen molar-refractivity contribution in [2.45, 2.75) is 18.9 Å². The minimum absolute atomic E-state index is 0.00708. The van der Waals surface area contributed by atoms with Crippen LogP contribution in [0.3, 0.4) is 0 Å². The third kappa shape index (κ3) is 3.25. The molecular formula is C13H19BrN4O. The van der Waals surface area contributed by atoms with Gasteiger partial charge in [0.1, 0.15) is 5.82 Å². The number of amides is 1. The highest BCUT2D eigenvalue weighted by molar-refractivity contribution is 9.10. The van der Waals surface area contributed by atoms with Gasteiger partial charge in [-0.15, -0.1) is 0 Å². The number of pyridine rings is 1. The number of likely N-dealkylation sites (tertiary alicyclic amines) is 1. The van der Waals surface area contributed by atoms with Gasteiger partial charge in [-0.3, -0.25) is 4.79 Å². The van der Waals surface area contributed by atoms with Gasteiger partial charge in [0.25, 0.3) is 5.91 Å². The number of anilines is 1. The molecule has 1 fully saturated rings. The van der Waals surface area contributed by atoms with E-state index in [1.807, 2.05) is 30.0 Å². The average molecular weight is 327 g/mol. The number of carbonyl (C=O) groups is 1. The second-order valence-electron chi connectivity index (χ2n) is 5.07. The van der Waals surface area contributed by atoms with Crippen LogP contribution in [0.15, 0.2) is 16.7 Å². The summed E-state index contributed by atoms with van der Waals surface area (Å²) in [4.78, 5) is 20.6. The van der Waals surface area contributed by atoms with E-state index in [0.29, 0.717) is 17.9 Å². The molecule has 0 radical (unpaired) electrons. The van der Waals surface area contributed by atoms with Gasteiger partial charge in [-0.2, -0.15) is 0 Å². The maximum Gasteiger partial charge on any atom is 0.257 e. The van der Waals surface area contributed by atoms with Crippen LogP contribution >= 0.6 is 15.9 Å². The number of nitrogens with two attached hydrogens (primary N) is 1. The number of halogens is 1. The predicted octanol–water partition coefficient (Wildman–Crippen LogP) is 1.47. The van der Waals surface area contributed by atoms with Gasteiger partial charge >= 0.3 is 0 Å². The fraction of sp³-hybridized carbons (Fsp3) is 0.538. The van der Waals surface area contributed by atoms with E-state index >= 15 is 0 Å². The number of hydrogen-bond donors (Lipinski definition) is 1. The van der Waals surface area contributed by atoms with Crippen molar-refractivity contribution in [2.75, 3.05) is 32.1 Å². The monoisotopic (exact) mass is 326 g/mol. The molecule has 19 heavy (non-hydrogen) atoms. The lowest BCUT2D eigenvalue weighted by Crippen LogP contribution is -2.46. The SMILES string of the molecule is CN(C)c1ncc(Br)cc1C(=O)N1CCC[C@H](N)C1. The van der Waals surface area contributed by atoms with Crippen molar-refractivity contribution in [2.24, 2.45) is 5.73 Å². The molecule has 0 spiro atoms. The first-order valence-corrected chi connectivity index (χ1v) is 7.16. The van der Waals surface area contributed by atoms with E-state index in [-0.39, 0.29) is 11.9 Å². The lowest BCUT2D eigenvalue weighted by Gasteiger charge is -2.31. The van der Waals surface area contributed by atoms with Crippen molar-refractivity contribution in [3.63, 3.8) is 0 Å². The Kier molecular flexibility index (Phi) is 4.42. The first-order valence-electron chi connectivity index (χ1n) is 6.36. The first-order chi connectivity index (χ1) is 8.99. The molecule has 2 N–H and O–H groups in total. The van der Waals surface area contributed by atoms with Crippen molar-refractivity contribution < 1.29 is 4.79 Å². The maximum atomic E-state index is 12.6.